The van der Waals surface area contributed by atoms with E-state index in [0.717, 1.165) is 24.1 Å². The van der Waals surface area contributed by atoms with Gasteiger partial charge in [-0.25, -0.2) is 0 Å². The average molecular weight is 263 g/mol. The van der Waals surface area contributed by atoms with Crippen LogP contribution in [-0.2, 0) is 9.53 Å². The van der Waals surface area contributed by atoms with Gasteiger partial charge in [0.15, 0.2) is 5.96 Å². The minimum atomic E-state index is -0.185. The number of benzene rings is 1. The molecule has 19 heavy (non-hydrogen) atoms. The summed E-state index contributed by atoms with van der Waals surface area (Å²) >= 11 is 0. The molecular formula is C14H21N3O2. The first-order chi connectivity index (χ1) is 9.11. The topological polar surface area (TPSA) is 76.7 Å². The van der Waals surface area contributed by atoms with E-state index in [1.807, 2.05) is 31.2 Å². The molecule has 1 aromatic rings. The van der Waals surface area contributed by atoms with E-state index in [2.05, 4.69) is 15.0 Å². The molecule has 0 aromatic heterocycles. The van der Waals surface area contributed by atoms with Gasteiger partial charge in [0.25, 0.3) is 0 Å². The van der Waals surface area contributed by atoms with Crippen LogP contribution in [0.5, 0.6) is 0 Å². The fraction of sp³-hybridized carbons (Fsp3) is 0.429. The zero-order chi connectivity index (χ0) is 14.1. The van der Waals surface area contributed by atoms with Gasteiger partial charge >= 0.3 is 5.97 Å². The summed E-state index contributed by atoms with van der Waals surface area (Å²) in [6.07, 6.45) is 2.00. The van der Waals surface area contributed by atoms with Crippen LogP contribution in [0.15, 0.2) is 29.3 Å². The van der Waals surface area contributed by atoms with E-state index in [-0.39, 0.29) is 5.97 Å². The number of unbranched alkanes of at least 4 members (excludes halogenated alkanes) is 1. The monoisotopic (exact) mass is 263 g/mol. The standard InChI is InChI=1S/C14H21N3O2/c1-11-6-5-7-12(10-11)17-14(15)16-9-4-3-8-13(18)19-2/h5-7,10H,3-4,8-9H2,1-2H3,(H3,15,16,17). The molecule has 1 rings (SSSR count). The van der Waals surface area contributed by atoms with Gasteiger partial charge in [-0.1, -0.05) is 12.1 Å². The van der Waals surface area contributed by atoms with Crippen LogP contribution in [0, 0.1) is 6.92 Å². The number of esters is 1. The Bertz CT molecular complexity index is 444. The first kappa shape index (κ1) is 15.0. The summed E-state index contributed by atoms with van der Waals surface area (Å²) in [5, 5.41) is 3.03. The lowest BCUT2D eigenvalue weighted by Crippen LogP contribution is -2.22. The van der Waals surface area contributed by atoms with E-state index in [0.29, 0.717) is 18.9 Å². The molecule has 104 valence electrons. The Morgan fingerprint density at radius 1 is 1.42 bits per heavy atom. The van der Waals surface area contributed by atoms with Gasteiger partial charge in [-0.15, -0.1) is 0 Å². The molecule has 0 spiro atoms. The second-order valence-corrected chi connectivity index (χ2v) is 4.29. The number of hydrogen-bond donors (Lipinski definition) is 2. The van der Waals surface area contributed by atoms with E-state index >= 15 is 0 Å². The number of hydrogen-bond acceptors (Lipinski definition) is 3. The molecule has 0 radical (unpaired) electrons. The summed E-state index contributed by atoms with van der Waals surface area (Å²) in [6.45, 7) is 2.62. The van der Waals surface area contributed by atoms with Crippen LogP contribution in [0.3, 0.4) is 0 Å². The predicted octanol–water partition coefficient (Wildman–Crippen LogP) is 2.06. The van der Waals surface area contributed by atoms with E-state index < -0.39 is 0 Å². The van der Waals surface area contributed by atoms with Crippen molar-refractivity contribution in [2.75, 3.05) is 19.0 Å². The maximum atomic E-state index is 10.9. The van der Waals surface area contributed by atoms with E-state index in [4.69, 9.17) is 5.73 Å². The van der Waals surface area contributed by atoms with Gasteiger partial charge in [0.05, 0.1) is 7.11 Å². The molecule has 0 fully saturated rings. The number of carbonyl (C=O) groups excluding carboxylic acids is 1. The highest BCUT2D eigenvalue weighted by Crippen LogP contribution is 2.08. The molecule has 0 unspecified atom stereocenters. The van der Waals surface area contributed by atoms with Crippen LogP contribution in [-0.4, -0.2) is 25.6 Å². The number of carbonyl (C=O) groups is 1. The van der Waals surface area contributed by atoms with Crippen LogP contribution in [0.2, 0.25) is 0 Å². The van der Waals surface area contributed by atoms with Crippen molar-refractivity contribution in [2.45, 2.75) is 26.2 Å². The Morgan fingerprint density at radius 2 is 2.21 bits per heavy atom. The highest BCUT2D eigenvalue weighted by molar-refractivity contribution is 5.92. The SMILES string of the molecule is COC(=O)CCCCN=C(N)Nc1cccc(C)c1. The van der Waals surface area contributed by atoms with Crippen molar-refractivity contribution >= 4 is 17.6 Å². The molecule has 0 saturated carbocycles. The molecule has 1 aromatic carbocycles. The largest absolute Gasteiger partial charge is 0.469 e. The third-order valence-corrected chi connectivity index (χ3v) is 2.59. The van der Waals surface area contributed by atoms with Crippen molar-refractivity contribution in [3.8, 4) is 0 Å². The Balaban J connectivity index is 2.27. The molecule has 0 bridgehead atoms. The number of aryl methyl sites for hydroxylation is 1. The lowest BCUT2D eigenvalue weighted by atomic mass is 10.2. The summed E-state index contributed by atoms with van der Waals surface area (Å²) in [6, 6.07) is 7.92. The highest BCUT2D eigenvalue weighted by Gasteiger charge is 1.99. The molecule has 5 nitrogen and oxygen atoms in total. The zero-order valence-electron chi connectivity index (χ0n) is 11.5. The van der Waals surface area contributed by atoms with E-state index in [1.165, 1.54) is 7.11 Å². The molecule has 0 saturated heterocycles. The minimum Gasteiger partial charge on any atom is -0.469 e. The first-order valence-corrected chi connectivity index (χ1v) is 6.32. The molecule has 0 aliphatic rings. The average Bonchev–Trinajstić information content (AvgIpc) is 2.38. The Labute approximate surface area is 113 Å². The second kappa shape index (κ2) is 8.13. The maximum absolute atomic E-state index is 10.9. The van der Waals surface area contributed by atoms with E-state index in [9.17, 15) is 4.79 Å². The van der Waals surface area contributed by atoms with Crippen LogP contribution in [0.1, 0.15) is 24.8 Å². The van der Waals surface area contributed by atoms with Crippen molar-refractivity contribution in [1.29, 1.82) is 0 Å². The number of ether oxygens (including phenoxy) is 1. The third-order valence-electron chi connectivity index (χ3n) is 2.59. The summed E-state index contributed by atoms with van der Waals surface area (Å²) < 4.78 is 4.56. The molecule has 3 N–H and O–H groups in total. The second-order valence-electron chi connectivity index (χ2n) is 4.29. The number of nitrogens with two attached hydrogens (primary N) is 1. The van der Waals surface area contributed by atoms with Crippen molar-refractivity contribution in [3.05, 3.63) is 29.8 Å². The summed E-state index contributed by atoms with van der Waals surface area (Å²) in [5.74, 6) is 0.207. The van der Waals surface area contributed by atoms with Gasteiger partial charge in [-0.05, 0) is 37.5 Å². The normalized spacial score (nSPS) is 11.2. The Kier molecular flexibility index (Phi) is 6.43. The number of aliphatic imine (C=N–C) groups is 1. The number of methoxy groups -OCH3 is 1. The zero-order valence-corrected chi connectivity index (χ0v) is 11.5. The van der Waals surface area contributed by atoms with Gasteiger partial charge in [-0.3, -0.25) is 9.79 Å². The molecular weight excluding hydrogens is 242 g/mol. The fourth-order valence-electron chi connectivity index (χ4n) is 1.59. The summed E-state index contributed by atoms with van der Waals surface area (Å²) in [7, 11) is 1.39. The number of nitrogens with one attached hydrogen (secondary N) is 1. The van der Waals surface area contributed by atoms with Crippen molar-refractivity contribution in [1.82, 2.24) is 0 Å². The molecule has 5 heteroatoms. The van der Waals surface area contributed by atoms with Crippen LogP contribution in [0.25, 0.3) is 0 Å². The molecule has 0 atom stereocenters. The molecule has 0 heterocycles. The number of guanidine groups is 1. The van der Waals surface area contributed by atoms with Crippen LogP contribution >= 0.6 is 0 Å². The van der Waals surface area contributed by atoms with Crippen molar-refractivity contribution in [2.24, 2.45) is 10.7 Å². The van der Waals surface area contributed by atoms with Crippen molar-refractivity contribution < 1.29 is 9.53 Å². The van der Waals surface area contributed by atoms with Crippen LogP contribution in [0.4, 0.5) is 5.69 Å². The Hall–Kier alpha value is -2.04. The third kappa shape index (κ3) is 6.45. The number of nitrogens with zero attached hydrogens (tertiary/aromatic N) is 1. The molecule has 0 amide bonds. The van der Waals surface area contributed by atoms with Gasteiger partial charge in [-0.2, -0.15) is 0 Å². The van der Waals surface area contributed by atoms with Gasteiger partial charge in [0, 0.05) is 18.7 Å². The predicted molar refractivity (Wildman–Crippen MR) is 77.2 cm³/mol. The van der Waals surface area contributed by atoms with E-state index in [1.54, 1.807) is 0 Å². The van der Waals surface area contributed by atoms with Gasteiger partial charge in [0.2, 0.25) is 0 Å². The Morgan fingerprint density at radius 3 is 2.89 bits per heavy atom. The number of anilines is 1. The maximum Gasteiger partial charge on any atom is 0.305 e. The molecule has 0 aliphatic heterocycles. The number of rotatable bonds is 6. The minimum absolute atomic E-state index is 0.185. The quantitative estimate of drug-likeness (QED) is 0.356. The fourth-order valence-corrected chi connectivity index (χ4v) is 1.59. The molecule has 0 aliphatic carbocycles. The lowest BCUT2D eigenvalue weighted by Gasteiger charge is -2.06. The van der Waals surface area contributed by atoms with Crippen LogP contribution < -0.4 is 11.1 Å². The lowest BCUT2D eigenvalue weighted by molar-refractivity contribution is -0.140. The first-order valence-electron chi connectivity index (χ1n) is 6.32. The van der Waals surface area contributed by atoms with Crippen molar-refractivity contribution in [3.63, 3.8) is 0 Å². The highest BCUT2D eigenvalue weighted by atomic mass is 16.5. The summed E-state index contributed by atoms with van der Waals surface area (Å²) in [5.41, 5.74) is 7.86. The van der Waals surface area contributed by atoms with Gasteiger partial charge < -0.3 is 15.8 Å². The van der Waals surface area contributed by atoms with Gasteiger partial charge in [0.1, 0.15) is 0 Å². The smallest absolute Gasteiger partial charge is 0.305 e. The summed E-state index contributed by atoms with van der Waals surface area (Å²) in [4.78, 5) is 15.1.